The van der Waals surface area contributed by atoms with Crippen molar-refractivity contribution in [3.8, 4) is 0 Å². The van der Waals surface area contributed by atoms with E-state index < -0.39 is 0 Å². The molecule has 0 atom stereocenters. The van der Waals surface area contributed by atoms with Gasteiger partial charge in [0, 0.05) is 20.6 Å². The number of methoxy groups -OCH3 is 1. The molecule has 0 N–H and O–H groups in total. The quantitative estimate of drug-likeness (QED) is 0.633. The van der Waals surface area contributed by atoms with Crippen LogP contribution in [0.15, 0.2) is 0 Å². The molecule has 68 valence electrons. The second-order valence-corrected chi connectivity index (χ2v) is 3.04. The third-order valence-corrected chi connectivity index (χ3v) is 1.07. The van der Waals surface area contributed by atoms with Crippen LogP contribution in [0, 0.1) is 5.92 Å². The molecule has 11 heavy (non-hydrogen) atoms. The molecule has 0 aliphatic rings. The van der Waals surface area contributed by atoms with Gasteiger partial charge in [0.25, 0.3) is 0 Å². The number of hydrogen-bond donors (Lipinski definition) is 0. The molecule has 0 amide bonds. The summed E-state index contributed by atoms with van der Waals surface area (Å²) in [6.45, 7) is 5.90. The molecule has 0 unspecified atom stereocenters. The number of hydrogen-bond acceptors (Lipinski definition) is 2. The maximum Gasteiger partial charge on any atom is 0.129 e. The number of ketones is 1. The van der Waals surface area contributed by atoms with Crippen LogP contribution in [0.2, 0.25) is 0 Å². The van der Waals surface area contributed by atoms with Gasteiger partial charge in [-0.3, -0.25) is 0 Å². The first-order valence-corrected chi connectivity index (χ1v) is 3.94. The maximum absolute atomic E-state index is 10.3. The van der Waals surface area contributed by atoms with Gasteiger partial charge in [-0.25, -0.2) is 0 Å². The molecule has 0 radical (unpaired) electrons. The Morgan fingerprint density at radius 3 is 1.82 bits per heavy atom. The van der Waals surface area contributed by atoms with Crippen molar-refractivity contribution in [1.29, 1.82) is 0 Å². The predicted molar refractivity (Wildman–Crippen MR) is 47.7 cm³/mol. The van der Waals surface area contributed by atoms with Crippen molar-refractivity contribution in [2.24, 2.45) is 5.92 Å². The van der Waals surface area contributed by atoms with E-state index in [0.717, 1.165) is 12.8 Å². The molecule has 2 nitrogen and oxygen atoms in total. The van der Waals surface area contributed by atoms with Gasteiger partial charge in [-0.05, 0) is 19.3 Å². The van der Waals surface area contributed by atoms with Crippen LogP contribution in [-0.2, 0) is 9.53 Å². The summed E-state index contributed by atoms with van der Waals surface area (Å²) in [6, 6.07) is 0. The molecule has 0 aliphatic heterocycles. The second kappa shape index (κ2) is 9.63. The Balaban J connectivity index is 0. The van der Waals surface area contributed by atoms with Crippen LogP contribution >= 0.6 is 0 Å². The first kappa shape index (κ1) is 13.2. The fourth-order valence-electron chi connectivity index (χ4n) is 0.492. The molecule has 0 saturated carbocycles. The lowest BCUT2D eigenvalue weighted by Gasteiger charge is -1.98. The van der Waals surface area contributed by atoms with Crippen molar-refractivity contribution in [3.05, 3.63) is 0 Å². The molecule has 0 saturated heterocycles. The zero-order valence-electron chi connectivity index (χ0n) is 8.31. The molecule has 0 heterocycles. The van der Waals surface area contributed by atoms with Crippen LogP contribution in [0.25, 0.3) is 0 Å². The smallest absolute Gasteiger partial charge is 0.129 e. The molecule has 2 heteroatoms. The van der Waals surface area contributed by atoms with Gasteiger partial charge in [-0.2, -0.15) is 0 Å². The maximum atomic E-state index is 10.3. The van der Waals surface area contributed by atoms with E-state index in [0.29, 0.717) is 11.7 Å². The third-order valence-electron chi connectivity index (χ3n) is 1.07. The van der Waals surface area contributed by atoms with Crippen LogP contribution in [-0.4, -0.2) is 20.0 Å². The normalized spacial score (nSPS) is 8.91. The van der Waals surface area contributed by atoms with Crippen LogP contribution in [0.4, 0.5) is 0 Å². The predicted octanol–water partition coefficient (Wildman–Crippen LogP) is 2.27. The van der Waals surface area contributed by atoms with Gasteiger partial charge in [-0.15, -0.1) is 0 Å². The zero-order valence-corrected chi connectivity index (χ0v) is 8.31. The van der Waals surface area contributed by atoms with Gasteiger partial charge in [0.15, 0.2) is 0 Å². The summed E-state index contributed by atoms with van der Waals surface area (Å²) in [7, 11) is 3.25. The van der Waals surface area contributed by atoms with E-state index in [1.807, 2.05) is 0 Å². The van der Waals surface area contributed by atoms with E-state index >= 15 is 0 Å². The van der Waals surface area contributed by atoms with E-state index in [1.165, 1.54) is 0 Å². The van der Waals surface area contributed by atoms with Gasteiger partial charge in [0.2, 0.25) is 0 Å². The second-order valence-electron chi connectivity index (χ2n) is 3.04. The van der Waals surface area contributed by atoms with Crippen molar-refractivity contribution >= 4 is 5.78 Å². The topological polar surface area (TPSA) is 26.3 Å². The highest BCUT2D eigenvalue weighted by Gasteiger charge is 1.95. The molecule has 0 aromatic heterocycles. The molecular weight excluding hydrogens is 140 g/mol. The summed E-state index contributed by atoms with van der Waals surface area (Å²) >= 11 is 0. The number of Topliss-reactive ketones (excluding diaryl/α,β-unsaturated/α-hetero) is 1. The number of carbonyl (C=O) groups excluding carboxylic acids is 1. The van der Waals surface area contributed by atoms with Crippen molar-refractivity contribution in [3.63, 3.8) is 0 Å². The van der Waals surface area contributed by atoms with Gasteiger partial charge < -0.3 is 9.53 Å². The SMILES string of the molecule is CC(=O)CCC(C)C.COC. The summed E-state index contributed by atoms with van der Waals surface area (Å²) in [5.41, 5.74) is 0. The fraction of sp³-hybridized carbons (Fsp3) is 0.889. The van der Waals surface area contributed by atoms with Gasteiger partial charge in [0.05, 0.1) is 0 Å². The number of carbonyl (C=O) groups is 1. The molecule has 0 aromatic carbocycles. The summed E-state index contributed by atoms with van der Waals surface area (Å²) in [5, 5.41) is 0. The Kier molecular flexibility index (Phi) is 11.6. The molecule has 0 rings (SSSR count). The minimum absolute atomic E-state index is 0.304. The van der Waals surface area contributed by atoms with Crippen molar-refractivity contribution in [2.45, 2.75) is 33.6 Å². The van der Waals surface area contributed by atoms with Crippen LogP contribution < -0.4 is 0 Å². The molecule has 0 spiro atoms. The lowest BCUT2D eigenvalue weighted by atomic mass is 10.1. The average Bonchev–Trinajstić information content (AvgIpc) is 1.85. The van der Waals surface area contributed by atoms with Crippen molar-refractivity contribution in [2.75, 3.05) is 14.2 Å². The standard InChI is InChI=1S/C7H14O.C2H6O/c1-6(2)4-5-7(3)8;1-3-2/h6H,4-5H2,1-3H3;1-2H3. The van der Waals surface area contributed by atoms with E-state index in [1.54, 1.807) is 21.1 Å². The Morgan fingerprint density at radius 2 is 1.73 bits per heavy atom. The largest absolute Gasteiger partial charge is 0.388 e. The lowest BCUT2D eigenvalue weighted by Crippen LogP contribution is -1.93. The van der Waals surface area contributed by atoms with Crippen LogP contribution in [0.1, 0.15) is 33.6 Å². The third kappa shape index (κ3) is 26.2. The molecule has 0 aromatic rings. The molecule has 0 fully saturated rings. The Morgan fingerprint density at radius 1 is 1.36 bits per heavy atom. The van der Waals surface area contributed by atoms with Crippen molar-refractivity contribution in [1.82, 2.24) is 0 Å². The molecule has 0 aliphatic carbocycles. The van der Waals surface area contributed by atoms with Crippen LogP contribution in [0.5, 0.6) is 0 Å². The monoisotopic (exact) mass is 160 g/mol. The number of ether oxygens (including phenoxy) is 1. The highest BCUT2D eigenvalue weighted by atomic mass is 16.4. The molecular formula is C9H20O2. The highest BCUT2D eigenvalue weighted by Crippen LogP contribution is 2.02. The van der Waals surface area contributed by atoms with Gasteiger partial charge in [0.1, 0.15) is 5.78 Å². The first-order chi connectivity index (χ1) is 5.04. The Hall–Kier alpha value is -0.370. The minimum atomic E-state index is 0.304. The number of rotatable bonds is 3. The average molecular weight is 160 g/mol. The summed E-state index contributed by atoms with van der Waals surface area (Å²) < 4.78 is 4.25. The van der Waals surface area contributed by atoms with E-state index in [2.05, 4.69) is 18.6 Å². The van der Waals surface area contributed by atoms with E-state index in [9.17, 15) is 4.79 Å². The van der Waals surface area contributed by atoms with Gasteiger partial charge in [-0.1, -0.05) is 13.8 Å². The summed E-state index contributed by atoms with van der Waals surface area (Å²) in [6.07, 6.45) is 1.78. The first-order valence-electron chi connectivity index (χ1n) is 3.94. The Labute approximate surface area is 69.9 Å². The molecule has 0 bridgehead atoms. The fourth-order valence-corrected chi connectivity index (χ4v) is 0.492. The Bertz CT molecular complexity index is 87.6. The van der Waals surface area contributed by atoms with Gasteiger partial charge >= 0.3 is 0 Å². The van der Waals surface area contributed by atoms with E-state index in [4.69, 9.17) is 0 Å². The lowest BCUT2D eigenvalue weighted by molar-refractivity contribution is -0.117. The summed E-state index contributed by atoms with van der Waals surface area (Å²) in [5.74, 6) is 0.970. The van der Waals surface area contributed by atoms with Crippen molar-refractivity contribution < 1.29 is 9.53 Å². The zero-order chi connectivity index (χ0) is 9.28. The highest BCUT2D eigenvalue weighted by molar-refractivity contribution is 5.75. The van der Waals surface area contributed by atoms with Crippen LogP contribution in [0.3, 0.4) is 0 Å². The summed E-state index contributed by atoms with van der Waals surface area (Å²) in [4.78, 5) is 10.3. The minimum Gasteiger partial charge on any atom is -0.388 e. The van der Waals surface area contributed by atoms with E-state index in [-0.39, 0.29) is 0 Å².